The van der Waals surface area contributed by atoms with E-state index in [9.17, 15) is 0 Å². The molecule has 0 unspecified atom stereocenters. The van der Waals surface area contributed by atoms with E-state index in [-0.39, 0.29) is 5.79 Å². The summed E-state index contributed by atoms with van der Waals surface area (Å²) in [5, 5.41) is 7.32. The molecule has 0 amide bonds. The van der Waals surface area contributed by atoms with Crippen LogP contribution in [0.4, 0.5) is 0 Å². The molecule has 34 heavy (non-hydrogen) atoms. The SMILES string of the molecule is CCO[Si](C)(C=C[SiH2]C(NCCC[Si](OC)(OC)OC)NCCC[Si](OC)(OC)OC)OCC. The number of hydrogen-bond donors (Lipinski definition) is 2. The molecule has 0 aliphatic heterocycles. The summed E-state index contributed by atoms with van der Waals surface area (Å²) in [6.07, 6.45) is 1.80. The zero-order valence-electron chi connectivity index (χ0n) is 22.9. The average Bonchev–Trinajstić information content (AvgIpc) is 2.85. The molecule has 14 heteroatoms. The largest absolute Gasteiger partial charge is 0.500 e. The van der Waals surface area contributed by atoms with E-state index < -0.39 is 35.7 Å². The molecule has 0 rings (SSSR count). The summed E-state index contributed by atoms with van der Waals surface area (Å²) in [5.41, 5.74) is 4.47. The van der Waals surface area contributed by atoms with Crippen LogP contribution in [0.25, 0.3) is 0 Å². The third-order valence-corrected chi connectivity index (χ3v) is 15.9. The Morgan fingerprint density at radius 1 is 0.706 bits per heavy atom. The van der Waals surface area contributed by atoms with Gasteiger partial charge in [0.05, 0.1) is 9.52 Å². The molecule has 0 fully saturated rings. The highest BCUT2D eigenvalue weighted by atomic mass is 28.4. The lowest BCUT2D eigenvalue weighted by Gasteiger charge is -2.26. The van der Waals surface area contributed by atoms with Crippen LogP contribution in [0.1, 0.15) is 26.7 Å². The van der Waals surface area contributed by atoms with Crippen molar-refractivity contribution in [3.05, 3.63) is 11.4 Å². The molecule has 10 nitrogen and oxygen atoms in total. The first kappa shape index (κ1) is 34.2. The smallest absolute Gasteiger partial charge is 0.392 e. The molecule has 0 spiro atoms. The van der Waals surface area contributed by atoms with Gasteiger partial charge < -0.3 is 46.0 Å². The van der Waals surface area contributed by atoms with Crippen LogP contribution in [0.3, 0.4) is 0 Å². The fourth-order valence-electron chi connectivity index (χ4n) is 3.64. The van der Waals surface area contributed by atoms with Gasteiger partial charge in [-0.25, -0.2) is 0 Å². The third kappa shape index (κ3) is 13.0. The van der Waals surface area contributed by atoms with Crippen molar-refractivity contribution in [3.63, 3.8) is 0 Å². The van der Waals surface area contributed by atoms with Gasteiger partial charge >= 0.3 is 26.2 Å². The molecule has 0 aromatic carbocycles. The summed E-state index contributed by atoms with van der Waals surface area (Å²) in [6.45, 7) is 9.09. The van der Waals surface area contributed by atoms with Crippen molar-refractivity contribution in [2.75, 3.05) is 69.0 Å². The molecular weight excluding hydrogens is 509 g/mol. The van der Waals surface area contributed by atoms with Crippen LogP contribution in [0.5, 0.6) is 0 Å². The molecule has 204 valence electrons. The maximum Gasteiger partial charge on any atom is 0.500 e. The van der Waals surface area contributed by atoms with Crippen molar-refractivity contribution >= 4 is 35.7 Å². The van der Waals surface area contributed by atoms with Crippen LogP contribution in [0.15, 0.2) is 11.4 Å². The molecule has 0 aliphatic rings. The molecule has 0 atom stereocenters. The standard InChI is InChI=1S/C20H50N2O8Si4/c1-10-29-32(9,30-11-2)19-16-31-20(21-14-12-17-33(23-3,24-4)25-5)22-15-13-18-34(26-6,27-7)28-8/h16,19-22H,10-15,17-18,31H2,1-9H3. The summed E-state index contributed by atoms with van der Waals surface area (Å²) in [4.78, 5) is 0. The van der Waals surface area contributed by atoms with Gasteiger partial charge in [-0.15, -0.1) is 5.70 Å². The van der Waals surface area contributed by atoms with Gasteiger partial charge in [0.1, 0.15) is 0 Å². The van der Waals surface area contributed by atoms with Gasteiger partial charge in [0.25, 0.3) is 0 Å². The van der Waals surface area contributed by atoms with Crippen LogP contribution in [0, 0.1) is 0 Å². The van der Waals surface area contributed by atoms with Gasteiger partial charge in [0.15, 0.2) is 0 Å². The lowest BCUT2D eigenvalue weighted by molar-refractivity contribution is 0.122. The first-order chi connectivity index (χ1) is 16.3. The van der Waals surface area contributed by atoms with E-state index in [1.165, 1.54) is 0 Å². The molecule has 0 radical (unpaired) electrons. The minimum Gasteiger partial charge on any atom is -0.392 e. The monoisotopic (exact) mass is 558 g/mol. The van der Waals surface area contributed by atoms with E-state index >= 15 is 0 Å². The second-order valence-corrected chi connectivity index (χ2v) is 18.7. The number of hydrogen-bond acceptors (Lipinski definition) is 10. The van der Waals surface area contributed by atoms with Crippen LogP contribution < -0.4 is 10.6 Å². The van der Waals surface area contributed by atoms with Crippen molar-refractivity contribution in [1.82, 2.24) is 10.6 Å². The number of rotatable bonds is 23. The van der Waals surface area contributed by atoms with Crippen LogP contribution >= 0.6 is 0 Å². The molecule has 0 saturated carbocycles. The summed E-state index contributed by atoms with van der Waals surface area (Å²) >= 11 is 0. The van der Waals surface area contributed by atoms with E-state index in [4.69, 9.17) is 35.4 Å². The zero-order valence-corrected chi connectivity index (χ0v) is 27.3. The minimum atomic E-state index is -2.55. The van der Waals surface area contributed by atoms with E-state index in [2.05, 4.69) is 28.6 Å². The van der Waals surface area contributed by atoms with Crippen molar-refractivity contribution < 1.29 is 35.4 Å². The Bertz CT molecular complexity index is 478. The Labute approximate surface area is 213 Å². The fraction of sp³-hybridized carbons (Fsp3) is 0.900. The highest BCUT2D eigenvalue weighted by molar-refractivity contribution is 6.72. The Morgan fingerprint density at radius 3 is 1.41 bits per heavy atom. The molecule has 0 aromatic rings. The highest BCUT2D eigenvalue weighted by Gasteiger charge is 2.37. The van der Waals surface area contributed by atoms with Crippen LogP contribution in [-0.4, -0.2) is 110 Å². The maximum atomic E-state index is 5.93. The topological polar surface area (TPSA) is 97.9 Å². The molecule has 0 saturated heterocycles. The van der Waals surface area contributed by atoms with E-state index in [1.54, 1.807) is 42.7 Å². The summed E-state index contributed by atoms with van der Waals surface area (Å²) in [6, 6.07) is 1.52. The Hall–Kier alpha value is 0.208. The third-order valence-electron chi connectivity index (χ3n) is 5.62. The van der Waals surface area contributed by atoms with Gasteiger partial charge in [-0.2, -0.15) is 0 Å². The van der Waals surface area contributed by atoms with E-state index in [0.717, 1.165) is 38.0 Å². The first-order valence-electron chi connectivity index (χ1n) is 12.0. The predicted octanol–water partition coefficient (Wildman–Crippen LogP) is 1.35. The molecule has 0 heterocycles. The quantitative estimate of drug-likeness (QED) is 0.109. The van der Waals surface area contributed by atoms with Gasteiger partial charge in [-0.05, 0) is 46.3 Å². The average molecular weight is 559 g/mol. The summed E-state index contributed by atoms with van der Waals surface area (Å²) in [7, 11) is 1.89. The van der Waals surface area contributed by atoms with Gasteiger partial charge in [0, 0.05) is 73.7 Å². The van der Waals surface area contributed by atoms with Crippen LogP contribution in [0.2, 0.25) is 18.6 Å². The molecule has 2 N–H and O–H groups in total. The lowest BCUT2D eigenvalue weighted by atomic mass is 10.4. The van der Waals surface area contributed by atoms with E-state index in [0.29, 0.717) is 13.2 Å². The second-order valence-electron chi connectivity index (χ2n) is 7.78. The highest BCUT2D eigenvalue weighted by Crippen LogP contribution is 2.15. The van der Waals surface area contributed by atoms with Crippen LogP contribution in [-0.2, 0) is 35.4 Å². The van der Waals surface area contributed by atoms with Crippen molar-refractivity contribution in [2.45, 2.75) is 51.1 Å². The Kier molecular flexibility index (Phi) is 19.5. The zero-order chi connectivity index (χ0) is 25.9. The lowest BCUT2D eigenvalue weighted by Crippen LogP contribution is -2.49. The minimum absolute atomic E-state index is 0.227. The maximum absolute atomic E-state index is 5.93. The number of nitrogens with one attached hydrogen (secondary N) is 2. The Morgan fingerprint density at radius 2 is 1.09 bits per heavy atom. The second kappa shape index (κ2) is 19.3. The molecule has 0 aromatic heterocycles. The Balaban J connectivity index is 4.95. The first-order valence-corrected chi connectivity index (χ1v) is 19.9. The summed E-state index contributed by atoms with van der Waals surface area (Å²) < 4.78 is 45.0. The normalized spacial score (nSPS) is 13.8. The molecular formula is C20H50N2O8Si4. The van der Waals surface area contributed by atoms with Gasteiger partial charge in [-0.3, -0.25) is 0 Å². The van der Waals surface area contributed by atoms with Gasteiger partial charge in [0.2, 0.25) is 0 Å². The fourth-order valence-corrected chi connectivity index (χ4v) is 11.8. The molecule has 0 bridgehead atoms. The van der Waals surface area contributed by atoms with Gasteiger partial charge in [-0.1, -0.05) is 5.70 Å². The van der Waals surface area contributed by atoms with Crippen molar-refractivity contribution in [3.8, 4) is 0 Å². The summed E-state index contributed by atoms with van der Waals surface area (Å²) in [5.74, 6) is 0.227. The molecule has 0 aliphatic carbocycles. The van der Waals surface area contributed by atoms with E-state index in [1.807, 2.05) is 13.8 Å². The van der Waals surface area contributed by atoms with Crippen molar-refractivity contribution in [1.29, 1.82) is 0 Å². The predicted molar refractivity (Wildman–Crippen MR) is 145 cm³/mol. The van der Waals surface area contributed by atoms with Crippen molar-refractivity contribution in [2.24, 2.45) is 0 Å².